The van der Waals surface area contributed by atoms with E-state index in [4.69, 9.17) is 47.9 Å². The van der Waals surface area contributed by atoms with Crippen molar-refractivity contribution >= 4 is 158 Å². The van der Waals surface area contributed by atoms with E-state index in [1.165, 1.54) is 0 Å². The first-order valence-electron chi connectivity index (χ1n) is 29.2. The molecule has 5 heterocycles. The number of aromatic amines is 2. The topological polar surface area (TPSA) is 268 Å². The van der Waals surface area contributed by atoms with Gasteiger partial charge in [-0.3, -0.25) is 0 Å². The molecule has 2 aliphatic rings. The van der Waals surface area contributed by atoms with Crippen LogP contribution in [0.1, 0.15) is 161 Å². The minimum Gasteiger partial charge on any atom is -0.462 e. The molecule has 0 aliphatic carbocycles. The maximum absolute atomic E-state index is 14.7. The van der Waals surface area contributed by atoms with Crippen molar-refractivity contribution < 1.29 is 76.3 Å². The molecular weight excluding hydrogens is 1450 g/mol. The van der Waals surface area contributed by atoms with E-state index >= 15 is 0 Å². The van der Waals surface area contributed by atoms with Crippen LogP contribution in [0.15, 0.2) is 90.7 Å². The quantitative estimate of drug-likeness (QED) is 0.0530. The maximum atomic E-state index is 14.7. The van der Waals surface area contributed by atoms with Crippen LogP contribution in [0.25, 0.3) is 90.9 Å². The van der Waals surface area contributed by atoms with E-state index in [-0.39, 0.29) is 205 Å². The lowest BCUT2D eigenvalue weighted by molar-refractivity contribution is 0.0478. The fourth-order valence-electron chi connectivity index (χ4n) is 10.8. The lowest BCUT2D eigenvalue weighted by atomic mass is 9.93. The highest BCUT2D eigenvalue weighted by Gasteiger charge is 2.35. The predicted octanol–water partition coefficient (Wildman–Crippen LogP) is 15.8. The van der Waals surface area contributed by atoms with Gasteiger partial charge in [0.05, 0.1) is 120 Å². The molecule has 474 valence electrons. The number of rotatable bonds is 20. The molecule has 0 spiro atoms. The molecule has 9 rings (SSSR count). The minimum atomic E-state index is -0.892. The highest BCUT2D eigenvalue weighted by Crippen LogP contribution is 2.45. The monoisotopic (exact) mass is 1500 g/mol. The van der Waals surface area contributed by atoms with Crippen LogP contribution in [0.2, 0.25) is 0 Å². The standard InChI is InChI=1S/C68H58Br4N4O16/c1-9-85-61(77)53-33(17-21-37(69)57(53)65(81)89-13-5)49-41-25-27-43(73-41)50(34-18-22-38(70)58(66(82)90-14-6)54(34)62(78)86-10-2)45-29-31-47(75-45)52(36-20-24-40(72)60(68(84)92-16-8)56(36)64(80)88-12-4)48-32-30-46(76-48)51(44-28-26-42(49)74-44)35-19-23-39(71)59(67(83)91-15-7)55(35)63(79)87-11-3/h17-32,73,76H,9-16H2,1-8H3. The fourth-order valence-corrected chi connectivity index (χ4v) is 12.7. The largest absolute Gasteiger partial charge is 0.462 e. The van der Waals surface area contributed by atoms with Crippen LogP contribution in [-0.4, -0.2) is 121 Å². The number of carbonyl (C=O) groups excluding carboxylic acids is 8. The zero-order valence-corrected chi connectivity index (χ0v) is 57.2. The van der Waals surface area contributed by atoms with Crippen molar-refractivity contribution in [3.8, 4) is 44.5 Å². The summed E-state index contributed by atoms with van der Waals surface area (Å²) in [7, 11) is 0. The van der Waals surface area contributed by atoms with Crippen molar-refractivity contribution in [2.75, 3.05) is 52.9 Å². The van der Waals surface area contributed by atoms with E-state index < -0.39 is 47.8 Å². The molecule has 3 aromatic heterocycles. The number of esters is 8. The summed E-state index contributed by atoms with van der Waals surface area (Å²) in [4.78, 5) is 133. The molecular formula is C68H58Br4N4O16. The van der Waals surface area contributed by atoms with Gasteiger partial charge in [-0.05, 0) is 192 Å². The zero-order valence-electron chi connectivity index (χ0n) is 50.8. The zero-order chi connectivity index (χ0) is 66.2. The van der Waals surface area contributed by atoms with E-state index in [1.807, 2.05) is 0 Å². The molecule has 7 aromatic rings. The molecule has 0 saturated carbocycles. The number of benzene rings is 4. The van der Waals surface area contributed by atoms with Crippen LogP contribution in [0.4, 0.5) is 0 Å². The van der Waals surface area contributed by atoms with Gasteiger partial charge in [-0.2, -0.15) is 0 Å². The first-order valence-corrected chi connectivity index (χ1v) is 32.3. The first kappa shape index (κ1) is 67.6. The Labute approximate surface area is 560 Å². The second-order valence-corrected chi connectivity index (χ2v) is 23.1. The van der Waals surface area contributed by atoms with Crippen LogP contribution < -0.4 is 0 Å². The molecule has 0 saturated heterocycles. The Morgan fingerprint density at radius 1 is 0.283 bits per heavy atom. The van der Waals surface area contributed by atoms with Crippen LogP contribution in [0.3, 0.4) is 0 Å². The van der Waals surface area contributed by atoms with Gasteiger partial charge in [0, 0.05) is 84.5 Å². The average molecular weight is 1510 g/mol. The Kier molecular flexibility index (Phi) is 21.8. The molecule has 92 heavy (non-hydrogen) atoms. The van der Waals surface area contributed by atoms with Crippen molar-refractivity contribution in [2.24, 2.45) is 0 Å². The molecule has 8 bridgehead atoms. The fraction of sp³-hybridized carbons (Fsp3) is 0.235. The lowest BCUT2D eigenvalue weighted by Crippen LogP contribution is -2.17. The number of H-pyrrole nitrogens is 2. The van der Waals surface area contributed by atoms with Crippen molar-refractivity contribution in [1.82, 2.24) is 19.9 Å². The van der Waals surface area contributed by atoms with Gasteiger partial charge in [0.15, 0.2) is 0 Å². The highest BCUT2D eigenvalue weighted by molar-refractivity contribution is 9.11. The molecule has 2 aliphatic heterocycles. The number of aromatic nitrogens is 4. The summed E-state index contributed by atoms with van der Waals surface area (Å²) < 4.78 is 45.9. The molecule has 2 N–H and O–H groups in total. The number of halogens is 4. The lowest BCUT2D eigenvalue weighted by Gasteiger charge is -2.17. The molecule has 24 heteroatoms. The Bertz CT molecular complexity index is 3920. The Morgan fingerprint density at radius 3 is 0.630 bits per heavy atom. The van der Waals surface area contributed by atoms with E-state index in [2.05, 4.69) is 73.7 Å². The number of ether oxygens (including phenoxy) is 8. The highest BCUT2D eigenvalue weighted by atomic mass is 79.9. The van der Waals surface area contributed by atoms with Gasteiger partial charge in [0.2, 0.25) is 0 Å². The Balaban J connectivity index is 1.62. The number of nitrogens with zero attached hydrogens (tertiary/aromatic N) is 2. The van der Waals surface area contributed by atoms with Crippen molar-refractivity contribution in [1.29, 1.82) is 0 Å². The Hall–Kier alpha value is -8.84. The summed E-state index contributed by atoms with van der Waals surface area (Å²) >= 11 is 14.0. The SMILES string of the molecule is CCOC(=O)c1c(Br)ccc(-c2c3nc(c(-c4ccc(Br)c(C(=O)OCC)c4C(=O)OCC)c4ccc([nH]4)c(-c4ccc(Br)c(C(=O)OCC)c4C(=O)OCC)c4nc(c(-c5ccc(Br)c(C(=O)OCC)c5C(=O)OCC)c5ccc2[nH]5)C=C4)C=C3)c1C(=O)OCC. The van der Waals surface area contributed by atoms with Crippen molar-refractivity contribution in [2.45, 2.75) is 55.4 Å². The van der Waals surface area contributed by atoms with Crippen molar-refractivity contribution in [3.63, 3.8) is 0 Å². The van der Waals surface area contributed by atoms with E-state index in [1.54, 1.807) is 152 Å². The molecule has 4 aromatic carbocycles. The summed E-state index contributed by atoms with van der Waals surface area (Å²) in [5, 5.41) is 0. The first-order chi connectivity index (χ1) is 44.3. The van der Waals surface area contributed by atoms with Gasteiger partial charge in [-0.25, -0.2) is 48.3 Å². The second kappa shape index (κ2) is 29.6. The summed E-state index contributed by atoms with van der Waals surface area (Å²) in [6.07, 6.45) is 6.61. The number of nitrogens with one attached hydrogen (secondary N) is 2. The third-order valence-corrected chi connectivity index (χ3v) is 16.9. The molecule has 0 amide bonds. The summed E-state index contributed by atoms with van der Waals surface area (Å²) in [6.45, 7) is 12.4. The maximum Gasteiger partial charge on any atom is 0.340 e. The minimum absolute atomic E-state index is 0.0513. The van der Waals surface area contributed by atoms with Crippen LogP contribution in [0, 0.1) is 0 Å². The van der Waals surface area contributed by atoms with Crippen molar-refractivity contribution in [3.05, 3.63) is 158 Å². The van der Waals surface area contributed by atoms with Crippen LogP contribution in [-0.2, 0) is 37.9 Å². The van der Waals surface area contributed by atoms with E-state index in [0.29, 0.717) is 0 Å². The van der Waals surface area contributed by atoms with Gasteiger partial charge >= 0.3 is 47.8 Å². The predicted molar refractivity (Wildman–Crippen MR) is 359 cm³/mol. The number of fused-ring (bicyclic) bond motifs is 8. The van der Waals surface area contributed by atoms with Crippen LogP contribution >= 0.6 is 63.7 Å². The third-order valence-electron chi connectivity index (χ3n) is 14.3. The van der Waals surface area contributed by atoms with Gasteiger partial charge in [-0.1, -0.05) is 24.3 Å². The van der Waals surface area contributed by atoms with E-state index in [9.17, 15) is 38.4 Å². The molecule has 0 fully saturated rings. The molecule has 0 unspecified atom stereocenters. The van der Waals surface area contributed by atoms with Gasteiger partial charge < -0.3 is 47.9 Å². The second-order valence-electron chi connectivity index (χ2n) is 19.6. The third kappa shape index (κ3) is 13.1. The number of carbonyl (C=O) groups is 8. The Morgan fingerprint density at radius 2 is 0.457 bits per heavy atom. The van der Waals surface area contributed by atoms with E-state index in [0.717, 1.165) is 0 Å². The average Bonchev–Trinajstić information content (AvgIpc) is 1.50. The van der Waals surface area contributed by atoms with Gasteiger partial charge in [0.1, 0.15) is 0 Å². The molecule has 0 radical (unpaired) electrons. The number of hydrogen-bond donors (Lipinski definition) is 2. The van der Waals surface area contributed by atoms with Gasteiger partial charge in [0.25, 0.3) is 0 Å². The molecule has 0 atom stereocenters. The van der Waals surface area contributed by atoms with Crippen LogP contribution in [0.5, 0.6) is 0 Å². The smallest absolute Gasteiger partial charge is 0.340 e. The normalized spacial score (nSPS) is 11.4. The number of hydrogen-bond acceptors (Lipinski definition) is 18. The summed E-state index contributed by atoms with van der Waals surface area (Å²) in [6, 6.07) is 19.4. The summed E-state index contributed by atoms with van der Waals surface area (Å²) in [5.74, 6) is -6.97. The summed E-state index contributed by atoms with van der Waals surface area (Å²) in [5.41, 5.74) is 1.53. The van der Waals surface area contributed by atoms with Gasteiger partial charge in [-0.15, -0.1) is 0 Å². The molecule has 20 nitrogen and oxygen atoms in total.